The normalized spacial score (nSPS) is 10.1. The topological polar surface area (TPSA) is 66.8 Å². The van der Waals surface area contributed by atoms with E-state index in [1.54, 1.807) is 6.07 Å². The van der Waals surface area contributed by atoms with Crippen molar-refractivity contribution in [1.82, 2.24) is 0 Å². The minimum absolute atomic E-state index is 0.131. The van der Waals surface area contributed by atoms with Crippen LogP contribution in [0.15, 0.2) is 18.2 Å². The highest BCUT2D eigenvalue weighted by Crippen LogP contribution is 2.23. The summed E-state index contributed by atoms with van der Waals surface area (Å²) in [4.78, 5) is 10.7. The van der Waals surface area contributed by atoms with Crippen molar-refractivity contribution >= 4 is 5.97 Å². The molecule has 0 unspecified atom stereocenters. The van der Waals surface area contributed by atoms with Gasteiger partial charge in [0.15, 0.2) is 0 Å². The molecule has 1 rings (SSSR count). The monoisotopic (exact) mass is 224 g/mol. The first-order chi connectivity index (χ1) is 7.65. The highest BCUT2D eigenvalue weighted by molar-refractivity contribution is 5.91. The maximum Gasteiger partial charge on any atom is 0.339 e. The molecule has 0 atom stereocenters. The van der Waals surface area contributed by atoms with Crippen molar-refractivity contribution in [1.29, 1.82) is 0 Å². The fourth-order valence-electron chi connectivity index (χ4n) is 1.32. The molecule has 4 heteroatoms. The van der Waals surface area contributed by atoms with Gasteiger partial charge in [0.2, 0.25) is 0 Å². The number of aromatic carboxylic acids is 1. The van der Waals surface area contributed by atoms with Crippen molar-refractivity contribution in [3.8, 4) is 11.5 Å². The summed E-state index contributed by atoms with van der Waals surface area (Å²) in [5.41, 5.74) is -0.131. The third kappa shape index (κ3) is 3.46. The molecular weight excluding hydrogens is 208 g/mol. The summed E-state index contributed by atoms with van der Waals surface area (Å²) in [6, 6.07) is 4.23. The van der Waals surface area contributed by atoms with Crippen molar-refractivity contribution < 1.29 is 19.7 Å². The second-order valence-electron chi connectivity index (χ2n) is 3.54. The number of carboxylic acids is 1. The molecule has 2 N–H and O–H groups in total. The first-order valence-corrected chi connectivity index (χ1v) is 5.34. The minimum atomic E-state index is -1.16. The molecule has 0 aromatic heterocycles. The average Bonchev–Trinajstić information content (AvgIpc) is 2.26. The smallest absolute Gasteiger partial charge is 0.339 e. The lowest BCUT2D eigenvalue weighted by Gasteiger charge is -2.07. The highest BCUT2D eigenvalue weighted by Gasteiger charge is 2.10. The predicted molar refractivity (Wildman–Crippen MR) is 60.1 cm³/mol. The van der Waals surface area contributed by atoms with Crippen molar-refractivity contribution in [2.24, 2.45) is 0 Å². The van der Waals surface area contributed by atoms with Crippen molar-refractivity contribution in [2.75, 3.05) is 6.61 Å². The van der Waals surface area contributed by atoms with Crippen LogP contribution in [0.3, 0.4) is 0 Å². The number of unbranched alkanes of at least 4 members (excludes halogenated alkanes) is 2. The molecule has 0 saturated carbocycles. The largest absolute Gasteiger partial charge is 0.507 e. The van der Waals surface area contributed by atoms with Gasteiger partial charge in [-0.1, -0.05) is 19.8 Å². The van der Waals surface area contributed by atoms with E-state index in [1.807, 2.05) is 0 Å². The van der Waals surface area contributed by atoms with Gasteiger partial charge in [0.05, 0.1) is 6.61 Å². The first kappa shape index (κ1) is 12.4. The summed E-state index contributed by atoms with van der Waals surface area (Å²) in [5.74, 6) is -0.920. The van der Waals surface area contributed by atoms with Gasteiger partial charge < -0.3 is 14.9 Å². The Bertz CT molecular complexity index is 360. The van der Waals surface area contributed by atoms with Crippen LogP contribution in [0.1, 0.15) is 36.5 Å². The molecule has 0 aliphatic rings. The number of aromatic hydroxyl groups is 1. The molecule has 0 aliphatic carbocycles. The van der Waals surface area contributed by atoms with Crippen LogP contribution in [0.4, 0.5) is 0 Å². The van der Waals surface area contributed by atoms with Crippen molar-refractivity contribution in [2.45, 2.75) is 26.2 Å². The Kier molecular flexibility index (Phi) is 4.64. The fraction of sp³-hybridized carbons (Fsp3) is 0.417. The number of phenols is 1. The molecule has 0 bridgehead atoms. The van der Waals surface area contributed by atoms with Crippen LogP contribution in [-0.4, -0.2) is 22.8 Å². The van der Waals surface area contributed by atoms with Gasteiger partial charge in [0, 0.05) is 0 Å². The van der Waals surface area contributed by atoms with E-state index in [2.05, 4.69) is 6.92 Å². The molecule has 0 fully saturated rings. The summed E-state index contributed by atoms with van der Waals surface area (Å²) >= 11 is 0. The van der Waals surface area contributed by atoms with Crippen molar-refractivity contribution in [3.63, 3.8) is 0 Å². The SMILES string of the molecule is CCCCCOc1ccc(O)c(C(=O)O)c1. The summed E-state index contributed by atoms with van der Waals surface area (Å²) < 4.78 is 5.38. The minimum Gasteiger partial charge on any atom is -0.507 e. The van der Waals surface area contributed by atoms with E-state index < -0.39 is 5.97 Å². The Morgan fingerprint density at radius 3 is 2.75 bits per heavy atom. The van der Waals surface area contributed by atoms with Gasteiger partial charge in [0.1, 0.15) is 17.1 Å². The van der Waals surface area contributed by atoms with Gasteiger partial charge >= 0.3 is 5.97 Å². The van der Waals surface area contributed by atoms with E-state index in [4.69, 9.17) is 9.84 Å². The van der Waals surface area contributed by atoms with E-state index in [1.165, 1.54) is 12.1 Å². The molecule has 1 aromatic rings. The molecule has 1 aromatic carbocycles. The number of ether oxygens (including phenoxy) is 1. The Hall–Kier alpha value is -1.71. The van der Waals surface area contributed by atoms with Gasteiger partial charge in [-0.05, 0) is 24.6 Å². The lowest BCUT2D eigenvalue weighted by molar-refractivity contribution is 0.0693. The lowest BCUT2D eigenvalue weighted by Crippen LogP contribution is -2.00. The maximum atomic E-state index is 10.7. The zero-order chi connectivity index (χ0) is 12.0. The lowest BCUT2D eigenvalue weighted by atomic mass is 10.2. The Labute approximate surface area is 94.5 Å². The van der Waals surface area contributed by atoms with Crippen LogP contribution in [0, 0.1) is 0 Å². The third-order valence-electron chi connectivity index (χ3n) is 2.22. The number of rotatable bonds is 6. The van der Waals surface area contributed by atoms with Gasteiger partial charge in [-0.2, -0.15) is 0 Å². The quantitative estimate of drug-likeness (QED) is 0.729. The maximum absolute atomic E-state index is 10.7. The Balaban J connectivity index is 2.61. The van der Waals surface area contributed by atoms with E-state index in [0.29, 0.717) is 12.4 Å². The van der Waals surface area contributed by atoms with Gasteiger partial charge in [-0.15, -0.1) is 0 Å². The summed E-state index contributed by atoms with van der Waals surface area (Å²) in [6.45, 7) is 2.67. The van der Waals surface area contributed by atoms with Crippen LogP contribution >= 0.6 is 0 Å². The molecular formula is C12H16O4. The number of carbonyl (C=O) groups is 1. The highest BCUT2D eigenvalue weighted by atomic mass is 16.5. The molecule has 0 spiro atoms. The molecule has 0 saturated heterocycles. The third-order valence-corrected chi connectivity index (χ3v) is 2.22. The summed E-state index contributed by atoms with van der Waals surface area (Å²) in [7, 11) is 0. The van der Waals surface area contributed by atoms with Crippen LogP contribution in [0.5, 0.6) is 11.5 Å². The van der Waals surface area contributed by atoms with Crippen LogP contribution in [0.25, 0.3) is 0 Å². The fourth-order valence-corrected chi connectivity index (χ4v) is 1.32. The molecule has 0 aliphatic heterocycles. The molecule has 0 amide bonds. The van der Waals surface area contributed by atoms with Gasteiger partial charge in [-0.3, -0.25) is 0 Å². The van der Waals surface area contributed by atoms with Crippen LogP contribution in [-0.2, 0) is 0 Å². The second-order valence-corrected chi connectivity index (χ2v) is 3.54. The zero-order valence-corrected chi connectivity index (χ0v) is 9.27. The predicted octanol–water partition coefficient (Wildman–Crippen LogP) is 2.66. The summed E-state index contributed by atoms with van der Waals surface area (Å²) in [5, 5.41) is 18.1. The molecule has 0 heterocycles. The van der Waals surface area contributed by atoms with Gasteiger partial charge in [-0.25, -0.2) is 4.79 Å². The molecule has 0 radical (unpaired) electrons. The zero-order valence-electron chi connectivity index (χ0n) is 9.27. The van der Waals surface area contributed by atoms with Gasteiger partial charge in [0.25, 0.3) is 0 Å². The molecule has 88 valence electrons. The molecule has 4 nitrogen and oxygen atoms in total. The van der Waals surface area contributed by atoms with E-state index in [0.717, 1.165) is 19.3 Å². The van der Waals surface area contributed by atoms with Crippen LogP contribution < -0.4 is 4.74 Å². The number of hydrogen-bond donors (Lipinski definition) is 2. The first-order valence-electron chi connectivity index (χ1n) is 5.34. The second kappa shape index (κ2) is 6.00. The Morgan fingerprint density at radius 2 is 2.12 bits per heavy atom. The molecule has 16 heavy (non-hydrogen) atoms. The van der Waals surface area contributed by atoms with E-state index in [9.17, 15) is 9.90 Å². The standard InChI is InChI=1S/C12H16O4/c1-2-3-4-7-16-9-5-6-11(13)10(8-9)12(14)15/h5-6,8,13H,2-4,7H2,1H3,(H,14,15). The Morgan fingerprint density at radius 1 is 1.38 bits per heavy atom. The number of benzene rings is 1. The average molecular weight is 224 g/mol. The van der Waals surface area contributed by atoms with Crippen LogP contribution in [0.2, 0.25) is 0 Å². The number of hydrogen-bond acceptors (Lipinski definition) is 3. The summed E-state index contributed by atoms with van der Waals surface area (Å²) in [6.07, 6.45) is 3.14. The van der Waals surface area contributed by atoms with E-state index >= 15 is 0 Å². The van der Waals surface area contributed by atoms with E-state index in [-0.39, 0.29) is 11.3 Å². The van der Waals surface area contributed by atoms with Crippen molar-refractivity contribution in [3.05, 3.63) is 23.8 Å². The number of carboxylic acid groups (broad SMARTS) is 1.